The quantitative estimate of drug-likeness (QED) is 0.788. The summed E-state index contributed by atoms with van der Waals surface area (Å²) in [5.74, 6) is -0.194. The summed E-state index contributed by atoms with van der Waals surface area (Å²) < 4.78 is 25.6. The number of nitrogens with zero attached hydrogens (tertiary/aromatic N) is 3. The van der Waals surface area contributed by atoms with Gasteiger partial charge in [-0.25, -0.2) is 8.42 Å². The van der Waals surface area contributed by atoms with Gasteiger partial charge in [0.25, 0.3) is 5.91 Å². The minimum atomic E-state index is -3.34. The Balaban J connectivity index is 1.49. The Kier molecular flexibility index (Phi) is 5.70. The minimum absolute atomic E-state index is 0.145. The molecule has 1 saturated heterocycles. The molecule has 1 atom stereocenters. The fraction of sp³-hybridized carbons (Fsp3) is 0.435. The van der Waals surface area contributed by atoms with Gasteiger partial charge < -0.3 is 15.1 Å². The van der Waals surface area contributed by atoms with Crippen molar-refractivity contribution in [1.82, 2.24) is 4.90 Å². The second kappa shape index (κ2) is 8.16. The van der Waals surface area contributed by atoms with E-state index < -0.39 is 10.0 Å². The van der Waals surface area contributed by atoms with Gasteiger partial charge in [0.2, 0.25) is 10.0 Å². The van der Waals surface area contributed by atoms with Crippen LogP contribution in [0.25, 0.3) is 0 Å². The van der Waals surface area contributed by atoms with E-state index in [0.717, 1.165) is 43.0 Å². The third kappa shape index (κ3) is 4.41. The first-order chi connectivity index (χ1) is 14.6. The van der Waals surface area contributed by atoms with E-state index >= 15 is 0 Å². The molecule has 0 radical (unpaired) electrons. The van der Waals surface area contributed by atoms with Crippen LogP contribution in [0.3, 0.4) is 0 Å². The number of likely N-dealkylation sites (N-methyl/N-ethyl adjacent to an activating group) is 1. The van der Waals surface area contributed by atoms with E-state index in [4.69, 9.17) is 0 Å². The normalized spacial score (nSPS) is 19.4. The number of fused-ring (bicyclic) bond motifs is 1. The van der Waals surface area contributed by atoms with Gasteiger partial charge in [0, 0.05) is 49.2 Å². The molecule has 166 valence electrons. The van der Waals surface area contributed by atoms with Crippen molar-refractivity contribution >= 4 is 33.0 Å². The lowest BCUT2D eigenvalue weighted by Gasteiger charge is -2.35. The van der Waals surface area contributed by atoms with Crippen molar-refractivity contribution in [3.63, 3.8) is 0 Å². The molecule has 31 heavy (non-hydrogen) atoms. The molecule has 1 unspecified atom stereocenters. The zero-order valence-corrected chi connectivity index (χ0v) is 19.4. The maximum Gasteiger partial charge on any atom is 0.255 e. The lowest BCUT2D eigenvalue weighted by Crippen LogP contribution is -2.44. The zero-order valence-electron chi connectivity index (χ0n) is 18.6. The smallest absolute Gasteiger partial charge is 0.255 e. The second-order valence-corrected chi connectivity index (χ2v) is 10.6. The largest absolute Gasteiger partial charge is 0.369 e. The van der Waals surface area contributed by atoms with Crippen molar-refractivity contribution in [2.75, 3.05) is 54.0 Å². The highest BCUT2D eigenvalue weighted by Crippen LogP contribution is 2.35. The number of hydrogen-bond acceptors (Lipinski definition) is 5. The lowest BCUT2D eigenvalue weighted by molar-refractivity contribution is 0.102. The fourth-order valence-corrected chi connectivity index (χ4v) is 5.85. The number of benzene rings is 2. The minimum Gasteiger partial charge on any atom is -0.369 e. The van der Waals surface area contributed by atoms with Crippen LogP contribution in [0.4, 0.5) is 17.1 Å². The van der Waals surface area contributed by atoms with Crippen LogP contribution in [0.5, 0.6) is 0 Å². The van der Waals surface area contributed by atoms with Gasteiger partial charge in [0.1, 0.15) is 0 Å². The van der Waals surface area contributed by atoms with E-state index in [-0.39, 0.29) is 11.9 Å². The Morgan fingerprint density at radius 1 is 1.03 bits per heavy atom. The molecule has 7 nitrogen and oxygen atoms in total. The van der Waals surface area contributed by atoms with E-state index in [1.165, 1.54) is 16.2 Å². The highest BCUT2D eigenvalue weighted by Gasteiger charge is 2.32. The first kappa shape index (κ1) is 21.6. The number of nitrogens with one attached hydrogen (secondary N) is 1. The summed E-state index contributed by atoms with van der Waals surface area (Å²) >= 11 is 0. The maximum atomic E-state index is 12.8. The number of rotatable bonds is 4. The third-order valence-corrected chi connectivity index (χ3v) is 7.42. The predicted octanol–water partition coefficient (Wildman–Crippen LogP) is 2.71. The molecule has 1 N–H and O–H groups in total. The van der Waals surface area contributed by atoms with Crippen LogP contribution in [0, 0.1) is 6.92 Å². The van der Waals surface area contributed by atoms with E-state index in [0.29, 0.717) is 17.7 Å². The summed E-state index contributed by atoms with van der Waals surface area (Å²) in [6.45, 7) is 8.05. The number of carbonyl (C=O) groups excluding carboxylic acids is 1. The number of aryl methyl sites for hydroxylation is 1. The standard InChI is InChI=1S/C23H30N4O3S/c1-16-13-20(6-8-21(16)26-11-9-25(3)10-12-26)24-23(28)18-5-7-22-19(15-18)14-17(2)27(22)31(4,29)30/h5-8,13,15,17H,9-12,14H2,1-4H3,(H,24,28). The molecule has 8 heteroatoms. The summed E-state index contributed by atoms with van der Waals surface area (Å²) in [4.78, 5) is 17.6. The van der Waals surface area contributed by atoms with Crippen molar-refractivity contribution in [3.05, 3.63) is 53.1 Å². The summed E-state index contributed by atoms with van der Waals surface area (Å²) in [7, 11) is -1.20. The maximum absolute atomic E-state index is 12.8. The molecule has 2 aliphatic rings. The number of anilines is 3. The van der Waals surface area contributed by atoms with Gasteiger partial charge in [-0.1, -0.05) is 0 Å². The Labute approximate surface area is 184 Å². The average molecular weight is 443 g/mol. The van der Waals surface area contributed by atoms with Crippen molar-refractivity contribution in [2.45, 2.75) is 26.3 Å². The molecule has 2 aromatic carbocycles. The van der Waals surface area contributed by atoms with Crippen LogP contribution >= 0.6 is 0 Å². The Bertz CT molecular complexity index is 1110. The molecular weight excluding hydrogens is 412 g/mol. The van der Waals surface area contributed by atoms with Crippen LogP contribution in [-0.4, -0.2) is 64.7 Å². The molecule has 0 spiro atoms. The SMILES string of the molecule is Cc1cc(NC(=O)c2ccc3c(c2)CC(C)N3S(C)(=O)=O)ccc1N1CCN(C)CC1. The van der Waals surface area contributed by atoms with Crippen LogP contribution in [0.1, 0.15) is 28.4 Å². The van der Waals surface area contributed by atoms with Crippen molar-refractivity contribution in [2.24, 2.45) is 0 Å². The lowest BCUT2D eigenvalue weighted by atomic mass is 10.1. The van der Waals surface area contributed by atoms with Crippen molar-refractivity contribution < 1.29 is 13.2 Å². The van der Waals surface area contributed by atoms with Gasteiger partial charge in [-0.05, 0) is 74.8 Å². The summed E-state index contributed by atoms with van der Waals surface area (Å²) in [5.41, 5.74) is 5.17. The van der Waals surface area contributed by atoms with Gasteiger partial charge in [-0.2, -0.15) is 0 Å². The first-order valence-corrected chi connectivity index (χ1v) is 12.5. The molecule has 2 aromatic rings. The number of sulfonamides is 1. The van der Waals surface area contributed by atoms with Crippen LogP contribution in [0.2, 0.25) is 0 Å². The summed E-state index contributed by atoms with van der Waals surface area (Å²) in [6, 6.07) is 11.1. The predicted molar refractivity (Wildman–Crippen MR) is 126 cm³/mol. The number of carbonyl (C=O) groups is 1. The number of amides is 1. The topological polar surface area (TPSA) is 73.0 Å². The molecule has 0 bridgehead atoms. The Hall–Kier alpha value is -2.58. The molecule has 1 fully saturated rings. The van der Waals surface area contributed by atoms with Gasteiger partial charge in [-0.15, -0.1) is 0 Å². The van der Waals surface area contributed by atoms with Crippen LogP contribution in [0.15, 0.2) is 36.4 Å². The first-order valence-electron chi connectivity index (χ1n) is 10.6. The molecule has 0 aliphatic carbocycles. The Morgan fingerprint density at radius 2 is 1.71 bits per heavy atom. The van der Waals surface area contributed by atoms with Crippen molar-refractivity contribution in [1.29, 1.82) is 0 Å². The Morgan fingerprint density at radius 3 is 2.35 bits per heavy atom. The molecule has 4 rings (SSSR count). The van der Waals surface area contributed by atoms with E-state index in [1.54, 1.807) is 18.2 Å². The van der Waals surface area contributed by atoms with Crippen LogP contribution in [-0.2, 0) is 16.4 Å². The second-order valence-electron chi connectivity index (χ2n) is 8.70. The van der Waals surface area contributed by atoms with Crippen molar-refractivity contribution in [3.8, 4) is 0 Å². The zero-order chi connectivity index (χ0) is 22.3. The van der Waals surface area contributed by atoms with Crippen LogP contribution < -0.4 is 14.5 Å². The summed E-state index contributed by atoms with van der Waals surface area (Å²) in [5, 5.41) is 2.98. The third-order valence-electron chi connectivity index (χ3n) is 6.15. The fourth-order valence-electron chi connectivity index (χ4n) is 4.59. The van der Waals surface area contributed by atoms with Gasteiger partial charge >= 0.3 is 0 Å². The molecular formula is C23H30N4O3S. The van der Waals surface area contributed by atoms with Gasteiger partial charge in [0.05, 0.1) is 11.9 Å². The van der Waals surface area contributed by atoms with Gasteiger partial charge in [0.15, 0.2) is 0 Å². The number of hydrogen-bond donors (Lipinski definition) is 1. The number of piperazine rings is 1. The van der Waals surface area contributed by atoms with E-state index in [2.05, 4.69) is 35.2 Å². The molecule has 2 aliphatic heterocycles. The average Bonchev–Trinajstić information content (AvgIpc) is 3.04. The highest BCUT2D eigenvalue weighted by molar-refractivity contribution is 7.92. The molecule has 0 aromatic heterocycles. The van der Waals surface area contributed by atoms with E-state index in [9.17, 15) is 13.2 Å². The highest BCUT2D eigenvalue weighted by atomic mass is 32.2. The van der Waals surface area contributed by atoms with Gasteiger partial charge in [-0.3, -0.25) is 9.10 Å². The molecule has 2 heterocycles. The molecule has 1 amide bonds. The summed E-state index contributed by atoms with van der Waals surface area (Å²) in [6.07, 6.45) is 1.82. The van der Waals surface area contributed by atoms with E-state index in [1.807, 2.05) is 19.1 Å². The monoisotopic (exact) mass is 442 g/mol. The molecule has 0 saturated carbocycles.